The number of ether oxygens (including phenoxy) is 1. The molecule has 2 heteroatoms. The Kier molecular flexibility index (Phi) is 5.82. The van der Waals surface area contributed by atoms with Crippen molar-refractivity contribution in [2.24, 2.45) is 0 Å². The summed E-state index contributed by atoms with van der Waals surface area (Å²) in [5.41, 5.74) is 4.48. The van der Waals surface area contributed by atoms with Crippen molar-refractivity contribution < 1.29 is 9.84 Å². The molecule has 0 atom stereocenters. The molecule has 2 aromatic carbocycles. The number of methoxy groups -OCH3 is 1. The predicted molar refractivity (Wildman–Crippen MR) is 87.7 cm³/mol. The monoisotopic (exact) mass is 284 g/mol. The molecule has 0 saturated heterocycles. The second kappa shape index (κ2) is 7.84. The number of phenolic OH excluding ortho intramolecular Hbond substituents is 1. The molecule has 0 aliphatic heterocycles. The molecular formula is C19H24O2. The van der Waals surface area contributed by atoms with Crippen LogP contribution in [0.15, 0.2) is 42.5 Å². The summed E-state index contributed by atoms with van der Waals surface area (Å²) >= 11 is 0. The first-order valence-corrected chi connectivity index (χ1v) is 7.65. The van der Waals surface area contributed by atoms with E-state index in [-0.39, 0.29) is 0 Å². The summed E-state index contributed by atoms with van der Waals surface area (Å²) in [5.74, 6) is 0.413. The molecule has 0 saturated carbocycles. The molecule has 0 aromatic heterocycles. The highest BCUT2D eigenvalue weighted by Gasteiger charge is 2.11. The summed E-state index contributed by atoms with van der Waals surface area (Å²) in [6, 6.07) is 14.3. The number of phenols is 1. The van der Waals surface area contributed by atoms with Gasteiger partial charge in [0.05, 0.1) is 6.61 Å². The third-order valence-electron chi connectivity index (χ3n) is 3.78. The number of hydrogen-bond donors (Lipinski definition) is 1. The molecule has 112 valence electrons. The van der Waals surface area contributed by atoms with E-state index in [2.05, 4.69) is 25.1 Å². The fourth-order valence-corrected chi connectivity index (χ4v) is 2.59. The van der Waals surface area contributed by atoms with Crippen molar-refractivity contribution in [1.29, 1.82) is 0 Å². The molecule has 0 heterocycles. The summed E-state index contributed by atoms with van der Waals surface area (Å²) in [6.07, 6.45) is 3.99. The van der Waals surface area contributed by atoms with Crippen LogP contribution < -0.4 is 0 Å². The molecule has 2 rings (SSSR count). The lowest BCUT2D eigenvalue weighted by molar-refractivity contribution is 0.202. The highest BCUT2D eigenvalue weighted by molar-refractivity contribution is 5.67. The SMILES string of the molecule is CCCCc1c(O)cc(-c2ccccc2)cc1CCOC. The first-order valence-electron chi connectivity index (χ1n) is 7.65. The summed E-state index contributed by atoms with van der Waals surface area (Å²) in [6.45, 7) is 2.85. The summed E-state index contributed by atoms with van der Waals surface area (Å²) < 4.78 is 5.21. The van der Waals surface area contributed by atoms with Crippen LogP contribution in [-0.2, 0) is 17.6 Å². The largest absolute Gasteiger partial charge is 0.508 e. The fraction of sp³-hybridized carbons (Fsp3) is 0.368. The predicted octanol–water partition coefficient (Wildman–Crippen LogP) is 4.59. The van der Waals surface area contributed by atoms with Crippen LogP contribution in [-0.4, -0.2) is 18.8 Å². The van der Waals surface area contributed by atoms with Gasteiger partial charge in [-0.05, 0) is 47.6 Å². The van der Waals surface area contributed by atoms with Crippen LogP contribution in [0.2, 0.25) is 0 Å². The van der Waals surface area contributed by atoms with Gasteiger partial charge in [-0.1, -0.05) is 49.7 Å². The molecule has 0 amide bonds. The third kappa shape index (κ3) is 4.08. The van der Waals surface area contributed by atoms with Gasteiger partial charge >= 0.3 is 0 Å². The van der Waals surface area contributed by atoms with Gasteiger partial charge in [0, 0.05) is 7.11 Å². The maximum absolute atomic E-state index is 10.4. The van der Waals surface area contributed by atoms with Crippen LogP contribution in [0.5, 0.6) is 5.75 Å². The molecular weight excluding hydrogens is 260 g/mol. The molecule has 0 aliphatic carbocycles. The average Bonchev–Trinajstić information content (AvgIpc) is 2.52. The highest BCUT2D eigenvalue weighted by Crippen LogP contribution is 2.31. The summed E-state index contributed by atoms with van der Waals surface area (Å²) in [5, 5.41) is 10.4. The molecule has 0 bridgehead atoms. The van der Waals surface area contributed by atoms with Gasteiger partial charge in [0.1, 0.15) is 5.75 Å². The summed E-state index contributed by atoms with van der Waals surface area (Å²) in [7, 11) is 1.71. The van der Waals surface area contributed by atoms with E-state index in [0.717, 1.165) is 42.4 Å². The smallest absolute Gasteiger partial charge is 0.119 e. The van der Waals surface area contributed by atoms with E-state index in [4.69, 9.17) is 4.74 Å². The first kappa shape index (κ1) is 15.6. The Bertz CT molecular complexity index is 561. The van der Waals surface area contributed by atoms with Crippen molar-refractivity contribution in [2.75, 3.05) is 13.7 Å². The zero-order valence-corrected chi connectivity index (χ0v) is 12.9. The van der Waals surface area contributed by atoms with Crippen LogP contribution >= 0.6 is 0 Å². The van der Waals surface area contributed by atoms with Crippen LogP contribution in [0.3, 0.4) is 0 Å². The van der Waals surface area contributed by atoms with Crippen molar-refractivity contribution in [2.45, 2.75) is 32.6 Å². The van der Waals surface area contributed by atoms with Crippen LogP contribution in [0.4, 0.5) is 0 Å². The van der Waals surface area contributed by atoms with Gasteiger partial charge in [0.2, 0.25) is 0 Å². The Hall–Kier alpha value is -1.80. The zero-order valence-electron chi connectivity index (χ0n) is 12.9. The lowest BCUT2D eigenvalue weighted by Crippen LogP contribution is -2.01. The molecule has 1 N–H and O–H groups in total. The van der Waals surface area contributed by atoms with E-state index < -0.39 is 0 Å². The van der Waals surface area contributed by atoms with E-state index in [1.54, 1.807) is 7.11 Å². The van der Waals surface area contributed by atoms with E-state index in [0.29, 0.717) is 12.4 Å². The number of benzene rings is 2. The maximum Gasteiger partial charge on any atom is 0.119 e. The van der Waals surface area contributed by atoms with Gasteiger partial charge in [-0.2, -0.15) is 0 Å². The molecule has 2 nitrogen and oxygen atoms in total. The second-order valence-corrected chi connectivity index (χ2v) is 5.35. The quantitative estimate of drug-likeness (QED) is 0.805. The van der Waals surface area contributed by atoms with Crippen molar-refractivity contribution >= 4 is 0 Å². The number of rotatable bonds is 7. The Morgan fingerprint density at radius 2 is 1.76 bits per heavy atom. The van der Waals surface area contributed by atoms with Crippen molar-refractivity contribution in [3.8, 4) is 16.9 Å². The van der Waals surface area contributed by atoms with Crippen molar-refractivity contribution in [3.05, 3.63) is 53.6 Å². The second-order valence-electron chi connectivity index (χ2n) is 5.35. The van der Waals surface area contributed by atoms with Gasteiger partial charge in [-0.25, -0.2) is 0 Å². The summed E-state index contributed by atoms with van der Waals surface area (Å²) in [4.78, 5) is 0. The Balaban J connectivity index is 2.39. The standard InChI is InChI=1S/C19H24O2/c1-3-4-10-18-16(11-12-21-2)13-17(14-19(18)20)15-8-6-5-7-9-15/h5-9,13-14,20H,3-4,10-12H2,1-2H3. The van der Waals surface area contributed by atoms with Crippen LogP contribution in [0.25, 0.3) is 11.1 Å². The third-order valence-corrected chi connectivity index (χ3v) is 3.78. The Morgan fingerprint density at radius 1 is 1.00 bits per heavy atom. The molecule has 0 unspecified atom stereocenters. The van der Waals surface area contributed by atoms with E-state index >= 15 is 0 Å². The van der Waals surface area contributed by atoms with E-state index in [1.807, 2.05) is 24.3 Å². The van der Waals surface area contributed by atoms with E-state index in [1.165, 1.54) is 5.56 Å². The normalized spacial score (nSPS) is 10.8. The minimum absolute atomic E-state index is 0.413. The number of aromatic hydroxyl groups is 1. The zero-order chi connectivity index (χ0) is 15.1. The Labute approximate surface area is 127 Å². The maximum atomic E-state index is 10.4. The van der Waals surface area contributed by atoms with Gasteiger partial charge in [-0.15, -0.1) is 0 Å². The molecule has 0 fully saturated rings. The molecule has 0 radical (unpaired) electrons. The van der Waals surface area contributed by atoms with Crippen LogP contribution in [0.1, 0.15) is 30.9 Å². The van der Waals surface area contributed by atoms with Crippen molar-refractivity contribution in [1.82, 2.24) is 0 Å². The number of unbranched alkanes of at least 4 members (excludes halogenated alkanes) is 1. The molecule has 21 heavy (non-hydrogen) atoms. The lowest BCUT2D eigenvalue weighted by Gasteiger charge is -2.14. The minimum atomic E-state index is 0.413. The molecule has 2 aromatic rings. The topological polar surface area (TPSA) is 29.5 Å². The molecule has 0 spiro atoms. The highest BCUT2D eigenvalue weighted by atomic mass is 16.5. The van der Waals surface area contributed by atoms with Gasteiger partial charge < -0.3 is 9.84 Å². The van der Waals surface area contributed by atoms with Gasteiger partial charge in [0.15, 0.2) is 0 Å². The van der Waals surface area contributed by atoms with Crippen LogP contribution in [0, 0.1) is 0 Å². The average molecular weight is 284 g/mol. The minimum Gasteiger partial charge on any atom is -0.508 e. The van der Waals surface area contributed by atoms with Gasteiger partial charge in [0.25, 0.3) is 0 Å². The van der Waals surface area contributed by atoms with Gasteiger partial charge in [-0.3, -0.25) is 0 Å². The molecule has 0 aliphatic rings. The van der Waals surface area contributed by atoms with Crippen molar-refractivity contribution in [3.63, 3.8) is 0 Å². The number of hydrogen-bond acceptors (Lipinski definition) is 2. The fourth-order valence-electron chi connectivity index (χ4n) is 2.59. The lowest BCUT2D eigenvalue weighted by atomic mass is 9.94. The first-order chi connectivity index (χ1) is 10.3. The van der Waals surface area contributed by atoms with E-state index in [9.17, 15) is 5.11 Å². The Morgan fingerprint density at radius 3 is 2.43 bits per heavy atom.